The number of carboxylic acids is 1. The van der Waals surface area contributed by atoms with E-state index in [1.54, 1.807) is 13.2 Å². The van der Waals surface area contributed by atoms with Crippen LogP contribution < -0.4 is 10.6 Å². The highest BCUT2D eigenvalue weighted by molar-refractivity contribution is 7.84. The Morgan fingerprint density at radius 3 is 2.42 bits per heavy atom. The van der Waals surface area contributed by atoms with Gasteiger partial charge < -0.3 is 10.4 Å². The molecule has 0 aromatic carbocycles. The van der Waals surface area contributed by atoms with Gasteiger partial charge in [0.05, 0.1) is 0 Å². The third kappa shape index (κ3) is 11.4. The van der Waals surface area contributed by atoms with E-state index in [9.17, 15) is 18.6 Å². The summed E-state index contributed by atoms with van der Waals surface area (Å²) in [5.74, 6) is -1.32. The van der Waals surface area contributed by atoms with Crippen LogP contribution in [-0.4, -0.2) is 45.8 Å². The predicted molar refractivity (Wildman–Crippen MR) is 71.1 cm³/mol. The Morgan fingerprint density at radius 2 is 1.89 bits per heavy atom. The number of carbonyl (C=O) groups excluding carboxylic acids is 2. The van der Waals surface area contributed by atoms with Gasteiger partial charge >= 0.3 is 12.0 Å². The second-order valence-corrected chi connectivity index (χ2v) is 5.90. The van der Waals surface area contributed by atoms with Gasteiger partial charge in [0.2, 0.25) is 5.91 Å². The number of hydrogen-bond donors (Lipinski definition) is 3. The standard InChI is InChI=1S/C11H20N2O5S/c1-8(7-10(15)16)6-9(14)13-11(17)12-4-3-5-19(2)18/h8H,3-7H2,1-2H3,(H,15,16)(H2,12,13,14,17). The van der Waals surface area contributed by atoms with E-state index in [0.717, 1.165) is 0 Å². The van der Waals surface area contributed by atoms with Gasteiger partial charge in [-0.15, -0.1) is 0 Å². The zero-order chi connectivity index (χ0) is 14.8. The number of hydrogen-bond acceptors (Lipinski definition) is 4. The molecule has 0 fully saturated rings. The SMILES string of the molecule is CC(CC(=O)O)CC(=O)NC(=O)NCCCS(C)=O. The average molecular weight is 292 g/mol. The van der Waals surface area contributed by atoms with Crippen LogP contribution in [0.25, 0.3) is 0 Å². The highest BCUT2D eigenvalue weighted by Crippen LogP contribution is 2.06. The van der Waals surface area contributed by atoms with Gasteiger partial charge in [-0.2, -0.15) is 0 Å². The van der Waals surface area contributed by atoms with E-state index < -0.39 is 28.7 Å². The molecular weight excluding hydrogens is 272 g/mol. The lowest BCUT2D eigenvalue weighted by atomic mass is 10.0. The molecule has 0 aliphatic carbocycles. The van der Waals surface area contributed by atoms with Crippen molar-refractivity contribution >= 4 is 28.7 Å². The Hall–Kier alpha value is -1.44. The maximum Gasteiger partial charge on any atom is 0.321 e. The Bertz CT molecular complexity index is 359. The third-order valence-corrected chi connectivity index (χ3v) is 3.07. The topological polar surface area (TPSA) is 113 Å². The summed E-state index contributed by atoms with van der Waals surface area (Å²) in [7, 11) is -0.899. The minimum Gasteiger partial charge on any atom is -0.481 e. The number of carboxylic acid groups (broad SMARTS) is 1. The summed E-state index contributed by atoms with van der Waals surface area (Å²) in [6.45, 7) is 1.96. The number of imide groups is 1. The lowest BCUT2D eigenvalue weighted by Crippen LogP contribution is -2.40. The quantitative estimate of drug-likeness (QED) is 0.548. The first-order valence-corrected chi connectivity index (χ1v) is 7.63. The van der Waals surface area contributed by atoms with Crippen molar-refractivity contribution < 1.29 is 23.7 Å². The lowest BCUT2D eigenvalue weighted by Gasteiger charge is -2.09. The number of nitrogens with one attached hydrogen (secondary N) is 2. The van der Waals surface area contributed by atoms with Gasteiger partial charge in [-0.25, -0.2) is 4.79 Å². The molecule has 0 aromatic rings. The van der Waals surface area contributed by atoms with Gasteiger partial charge in [-0.3, -0.25) is 19.1 Å². The highest BCUT2D eigenvalue weighted by Gasteiger charge is 2.14. The summed E-state index contributed by atoms with van der Waals surface area (Å²) in [5, 5.41) is 13.1. The Labute approximate surface area is 114 Å². The maximum atomic E-state index is 11.4. The summed E-state index contributed by atoms with van der Waals surface area (Å²) in [4.78, 5) is 33.0. The monoisotopic (exact) mass is 292 g/mol. The Morgan fingerprint density at radius 1 is 1.26 bits per heavy atom. The van der Waals surface area contributed by atoms with Crippen LogP contribution in [0.15, 0.2) is 0 Å². The molecule has 0 bridgehead atoms. The summed E-state index contributed by atoms with van der Waals surface area (Å²) in [6, 6.07) is -0.616. The minimum atomic E-state index is -0.975. The molecule has 0 aliphatic heterocycles. The van der Waals surface area contributed by atoms with Crippen LogP contribution in [-0.2, 0) is 20.4 Å². The highest BCUT2D eigenvalue weighted by atomic mass is 32.2. The normalized spacial score (nSPS) is 13.4. The van der Waals surface area contributed by atoms with Crippen molar-refractivity contribution in [1.82, 2.24) is 10.6 Å². The first-order chi connectivity index (χ1) is 8.81. The van der Waals surface area contributed by atoms with E-state index in [4.69, 9.17) is 5.11 Å². The van der Waals surface area contributed by atoms with Crippen LogP contribution in [0.1, 0.15) is 26.2 Å². The van der Waals surface area contributed by atoms with Gasteiger partial charge in [0.1, 0.15) is 0 Å². The van der Waals surface area contributed by atoms with E-state index in [-0.39, 0.29) is 18.8 Å². The first kappa shape index (κ1) is 17.6. The molecule has 0 saturated heterocycles. The van der Waals surface area contributed by atoms with Crippen molar-refractivity contribution in [3.63, 3.8) is 0 Å². The molecule has 0 rings (SSSR count). The molecule has 19 heavy (non-hydrogen) atoms. The summed E-state index contributed by atoms with van der Waals surface area (Å²) in [5.41, 5.74) is 0. The molecule has 110 valence electrons. The molecule has 0 spiro atoms. The fourth-order valence-electron chi connectivity index (χ4n) is 1.39. The van der Waals surface area contributed by atoms with Gasteiger partial charge in [0, 0.05) is 42.2 Å². The second-order valence-electron chi connectivity index (χ2n) is 4.34. The summed E-state index contributed by atoms with van der Waals surface area (Å²) >= 11 is 0. The third-order valence-electron chi connectivity index (χ3n) is 2.20. The zero-order valence-corrected chi connectivity index (χ0v) is 11.9. The molecule has 0 aliphatic rings. The van der Waals surface area contributed by atoms with Gasteiger partial charge in [0.15, 0.2) is 0 Å². The van der Waals surface area contributed by atoms with Crippen molar-refractivity contribution in [3.8, 4) is 0 Å². The fraction of sp³-hybridized carbons (Fsp3) is 0.727. The molecule has 2 unspecified atom stereocenters. The summed E-state index contributed by atoms with van der Waals surface area (Å²) < 4.78 is 10.8. The van der Waals surface area contributed by atoms with E-state index in [1.807, 2.05) is 0 Å². The molecule has 0 radical (unpaired) electrons. The van der Waals surface area contributed by atoms with Crippen molar-refractivity contribution in [3.05, 3.63) is 0 Å². The Balaban J connectivity index is 3.77. The smallest absolute Gasteiger partial charge is 0.321 e. The first-order valence-electron chi connectivity index (χ1n) is 5.90. The van der Waals surface area contributed by atoms with Crippen molar-refractivity contribution in [2.24, 2.45) is 5.92 Å². The second kappa shape index (κ2) is 9.48. The van der Waals surface area contributed by atoms with Crippen LogP contribution >= 0.6 is 0 Å². The number of rotatable bonds is 8. The molecule has 3 N–H and O–H groups in total. The lowest BCUT2D eigenvalue weighted by molar-refractivity contribution is -0.138. The van der Waals surface area contributed by atoms with Crippen molar-refractivity contribution in [2.75, 3.05) is 18.6 Å². The molecule has 7 nitrogen and oxygen atoms in total. The van der Waals surface area contributed by atoms with E-state index >= 15 is 0 Å². The van der Waals surface area contributed by atoms with Crippen LogP contribution in [0, 0.1) is 5.92 Å². The van der Waals surface area contributed by atoms with Crippen LogP contribution in [0.4, 0.5) is 4.79 Å². The minimum absolute atomic E-state index is 0.0152. The number of urea groups is 1. The number of amides is 3. The van der Waals surface area contributed by atoms with Gasteiger partial charge in [-0.1, -0.05) is 6.92 Å². The Kier molecular flexibility index (Phi) is 8.77. The number of carbonyl (C=O) groups is 3. The average Bonchev–Trinajstić information content (AvgIpc) is 2.22. The largest absolute Gasteiger partial charge is 0.481 e. The summed E-state index contributed by atoms with van der Waals surface area (Å²) in [6.07, 6.45) is 2.02. The predicted octanol–water partition coefficient (Wildman–Crippen LogP) is 0.0817. The molecule has 8 heteroatoms. The van der Waals surface area contributed by atoms with Crippen molar-refractivity contribution in [2.45, 2.75) is 26.2 Å². The van der Waals surface area contributed by atoms with Gasteiger partial charge in [0.25, 0.3) is 0 Å². The van der Waals surface area contributed by atoms with E-state index in [1.165, 1.54) is 0 Å². The number of aliphatic carboxylic acids is 1. The molecule has 2 atom stereocenters. The zero-order valence-electron chi connectivity index (χ0n) is 11.1. The van der Waals surface area contributed by atoms with E-state index in [2.05, 4.69) is 10.6 Å². The molecule has 3 amide bonds. The molecular formula is C11H20N2O5S. The van der Waals surface area contributed by atoms with Gasteiger partial charge in [-0.05, 0) is 12.3 Å². The van der Waals surface area contributed by atoms with Crippen LogP contribution in [0.3, 0.4) is 0 Å². The van der Waals surface area contributed by atoms with E-state index in [0.29, 0.717) is 18.7 Å². The molecule has 0 aromatic heterocycles. The van der Waals surface area contributed by atoms with Crippen LogP contribution in [0.2, 0.25) is 0 Å². The van der Waals surface area contributed by atoms with Crippen LogP contribution in [0.5, 0.6) is 0 Å². The molecule has 0 heterocycles. The van der Waals surface area contributed by atoms with Crippen molar-refractivity contribution in [1.29, 1.82) is 0 Å². The fourth-order valence-corrected chi connectivity index (χ4v) is 1.94. The maximum absolute atomic E-state index is 11.4. The molecule has 0 saturated carbocycles.